The van der Waals surface area contributed by atoms with Crippen LogP contribution in [-0.2, 0) is 14.9 Å². The number of imide groups is 1. The number of ether oxygens (including phenoxy) is 1. The summed E-state index contributed by atoms with van der Waals surface area (Å²) in [5.41, 5.74) is 3.72. The summed E-state index contributed by atoms with van der Waals surface area (Å²) in [7, 11) is -3.96. The van der Waals surface area contributed by atoms with E-state index in [1.807, 2.05) is 32.0 Å². The van der Waals surface area contributed by atoms with Crippen LogP contribution in [0, 0.1) is 13.8 Å². The van der Waals surface area contributed by atoms with E-state index in [2.05, 4.69) is 13.8 Å². The van der Waals surface area contributed by atoms with Gasteiger partial charge in [-0.1, -0.05) is 55.8 Å². The zero-order chi connectivity index (χ0) is 27.4. The molecule has 1 fully saturated rings. The third-order valence-corrected chi connectivity index (χ3v) is 8.10. The van der Waals surface area contributed by atoms with Gasteiger partial charge in [0.05, 0.1) is 11.4 Å². The smallest absolute Gasteiger partial charge is 0.339 e. The van der Waals surface area contributed by atoms with E-state index in [9.17, 15) is 18.0 Å². The number of benzene rings is 3. The van der Waals surface area contributed by atoms with Crippen molar-refractivity contribution in [3.8, 4) is 11.5 Å². The molecule has 1 aliphatic heterocycles. The zero-order valence-corrected chi connectivity index (χ0v) is 23.3. The highest BCUT2D eigenvalue weighted by Crippen LogP contribution is 2.33. The molecule has 3 aromatic rings. The molecule has 1 heterocycles. The van der Waals surface area contributed by atoms with Crippen molar-refractivity contribution in [2.45, 2.75) is 38.5 Å². The van der Waals surface area contributed by atoms with Gasteiger partial charge in [0.15, 0.2) is 0 Å². The number of carbonyl (C=O) groups excluding carboxylic acids is 2. The van der Waals surface area contributed by atoms with Gasteiger partial charge >= 0.3 is 10.1 Å². The molecule has 198 valence electrons. The molecule has 9 heteroatoms. The first-order valence-corrected chi connectivity index (χ1v) is 14.4. The standard InChI is InChI=1S/C29H29NO6S2/c1-19(2)25-14-7-21(4)17-26(25)35-16-15-30-28(31)27(37-29(30)32)18-22-8-10-23(11-9-22)36-38(33,34)24-12-5-20(3)6-13-24/h5-14,17-19H,15-16H2,1-4H3/b27-18-. The zero-order valence-electron chi connectivity index (χ0n) is 21.6. The summed E-state index contributed by atoms with van der Waals surface area (Å²) in [6, 6.07) is 18.7. The predicted molar refractivity (Wildman–Crippen MR) is 149 cm³/mol. The summed E-state index contributed by atoms with van der Waals surface area (Å²) >= 11 is 0.862. The first kappa shape index (κ1) is 27.5. The van der Waals surface area contributed by atoms with Gasteiger partial charge in [-0.25, -0.2) is 0 Å². The van der Waals surface area contributed by atoms with Crippen LogP contribution >= 0.6 is 11.8 Å². The van der Waals surface area contributed by atoms with E-state index in [1.165, 1.54) is 29.2 Å². The molecule has 0 saturated carbocycles. The molecule has 38 heavy (non-hydrogen) atoms. The summed E-state index contributed by atoms with van der Waals surface area (Å²) in [6.45, 7) is 8.35. The van der Waals surface area contributed by atoms with Gasteiger partial charge in [0, 0.05) is 0 Å². The normalized spacial score (nSPS) is 15.0. The monoisotopic (exact) mass is 551 g/mol. The van der Waals surface area contributed by atoms with Gasteiger partial charge in [0.1, 0.15) is 23.0 Å². The van der Waals surface area contributed by atoms with Crippen molar-refractivity contribution < 1.29 is 26.9 Å². The van der Waals surface area contributed by atoms with E-state index in [1.54, 1.807) is 30.3 Å². The number of hydrogen-bond donors (Lipinski definition) is 0. The van der Waals surface area contributed by atoms with Crippen molar-refractivity contribution in [2.75, 3.05) is 13.2 Å². The lowest BCUT2D eigenvalue weighted by Gasteiger charge is -2.17. The lowest BCUT2D eigenvalue weighted by molar-refractivity contribution is -0.123. The van der Waals surface area contributed by atoms with E-state index < -0.39 is 10.1 Å². The Morgan fingerprint density at radius 1 is 0.921 bits per heavy atom. The van der Waals surface area contributed by atoms with Crippen LogP contribution in [0.15, 0.2) is 76.5 Å². The fourth-order valence-electron chi connectivity index (χ4n) is 3.83. The van der Waals surface area contributed by atoms with Crippen LogP contribution in [0.1, 0.15) is 42.0 Å². The van der Waals surface area contributed by atoms with E-state index >= 15 is 0 Å². The largest absolute Gasteiger partial charge is 0.491 e. The third-order valence-electron chi connectivity index (χ3n) is 5.93. The molecule has 0 aromatic heterocycles. The van der Waals surface area contributed by atoms with Crippen molar-refractivity contribution in [3.63, 3.8) is 0 Å². The Kier molecular flexibility index (Phi) is 8.28. The average molecular weight is 552 g/mol. The SMILES string of the molecule is Cc1ccc(S(=O)(=O)Oc2ccc(/C=C3\SC(=O)N(CCOc4cc(C)ccc4C(C)C)C3=O)cc2)cc1. The molecule has 1 saturated heterocycles. The number of nitrogens with zero attached hydrogens (tertiary/aromatic N) is 1. The molecule has 0 bridgehead atoms. The van der Waals surface area contributed by atoms with Crippen LogP contribution in [0.25, 0.3) is 6.08 Å². The van der Waals surface area contributed by atoms with Crippen molar-refractivity contribution in [1.29, 1.82) is 0 Å². The van der Waals surface area contributed by atoms with Gasteiger partial charge in [-0.15, -0.1) is 0 Å². The van der Waals surface area contributed by atoms with Crippen LogP contribution < -0.4 is 8.92 Å². The molecule has 7 nitrogen and oxygen atoms in total. The molecule has 0 spiro atoms. The van der Waals surface area contributed by atoms with Crippen LogP contribution in [0.2, 0.25) is 0 Å². The number of aryl methyl sites for hydroxylation is 2. The summed E-state index contributed by atoms with van der Waals surface area (Å²) in [6.07, 6.45) is 1.60. The molecule has 0 atom stereocenters. The molecule has 3 aromatic carbocycles. The highest BCUT2D eigenvalue weighted by atomic mass is 32.2. The minimum absolute atomic E-state index is 0.0626. The van der Waals surface area contributed by atoms with Crippen LogP contribution in [0.3, 0.4) is 0 Å². The van der Waals surface area contributed by atoms with Gasteiger partial charge in [-0.05, 0) is 84.6 Å². The quantitative estimate of drug-likeness (QED) is 0.227. The predicted octanol–water partition coefficient (Wildman–Crippen LogP) is 6.31. The Morgan fingerprint density at radius 2 is 1.58 bits per heavy atom. The molecule has 2 amide bonds. The molecule has 1 aliphatic rings. The molecule has 0 radical (unpaired) electrons. The fourth-order valence-corrected chi connectivity index (χ4v) is 5.63. The first-order chi connectivity index (χ1) is 18.0. The number of hydrogen-bond acceptors (Lipinski definition) is 7. The Bertz CT molecular complexity index is 1480. The Balaban J connectivity index is 1.39. The van der Waals surface area contributed by atoms with Crippen LogP contribution in [0.4, 0.5) is 4.79 Å². The lowest BCUT2D eigenvalue weighted by Crippen LogP contribution is -2.32. The highest BCUT2D eigenvalue weighted by molar-refractivity contribution is 8.18. The number of thioether (sulfide) groups is 1. The molecular weight excluding hydrogens is 522 g/mol. The summed E-state index contributed by atoms with van der Waals surface area (Å²) in [5, 5.41) is -0.359. The maximum Gasteiger partial charge on any atom is 0.339 e. The Morgan fingerprint density at radius 3 is 2.24 bits per heavy atom. The van der Waals surface area contributed by atoms with Crippen molar-refractivity contribution in [2.24, 2.45) is 0 Å². The van der Waals surface area contributed by atoms with Crippen molar-refractivity contribution in [3.05, 3.63) is 93.9 Å². The summed E-state index contributed by atoms with van der Waals surface area (Å²) < 4.78 is 36.2. The van der Waals surface area contributed by atoms with Gasteiger partial charge < -0.3 is 8.92 Å². The maximum absolute atomic E-state index is 12.9. The second-order valence-electron chi connectivity index (χ2n) is 9.30. The van der Waals surface area contributed by atoms with E-state index in [0.29, 0.717) is 5.56 Å². The minimum Gasteiger partial charge on any atom is -0.491 e. The molecular formula is C29H29NO6S2. The van der Waals surface area contributed by atoms with Gasteiger partial charge in [0.25, 0.3) is 11.1 Å². The molecule has 0 N–H and O–H groups in total. The second-order valence-corrected chi connectivity index (χ2v) is 11.8. The topological polar surface area (TPSA) is 90.0 Å². The number of rotatable bonds is 9. The fraction of sp³-hybridized carbons (Fsp3) is 0.241. The summed E-state index contributed by atoms with van der Waals surface area (Å²) in [4.78, 5) is 26.9. The molecule has 0 unspecified atom stereocenters. The van der Waals surface area contributed by atoms with Crippen LogP contribution in [0.5, 0.6) is 11.5 Å². The van der Waals surface area contributed by atoms with Gasteiger partial charge in [-0.3, -0.25) is 14.5 Å². The Labute approximate surface area is 227 Å². The minimum atomic E-state index is -3.96. The summed E-state index contributed by atoms with van der Waals surface area (Å²) in [5.74, 6) is 0.795. The van der Waals surface area contributed by atoms with Gasteiger partial charge in [-0.2, -0.15) is 8.42 Å². The average Bonchev–Trinajstić information content (AvgIpc) is 3.12. The number of amides is 2. The highest BCUT2D eigenvalue weighted by Gasteiger charge is 2.34. The van der Waals surface area contributed by atoms with Crippen molar-refractivity contribution >= 4 is 39.1 Å². The van der Waals surface area contributed by atoms with E-state index in [-0.39, 0.29) is 45.8 Å². The van der Waals surface area contributed by atoms with Gasteiger partial charge in [0.2, 0.25) is 0 Å². The Hall–Kier alpha value is -3.56. The van der Waals surface area contributed by atoms with E-state index in [4.69, 9.17) is 8.92 Å². The van der Waals surface area contributed by atoms with Crippen LogP contribution in [-0.4, -0.2) is 37.6 Å². The second kappa shape index (κ2) is 11.4. The van der Waals surface area contributed by atoms with E-state index in [0.717, 1.165) is 34.2 Å². The maximum atomic E-state index is 12.9. The third kappa shape index (κ3) is 6.46. The lowest BCUT2D eigenvalue weighted by atomic mass is 10.0. The number of carbonyl (C=O) groups is 2. The first-order valence-electron chi connectivity index (χ1n) is 12.1. The molecule has 4 rings (SSSR count). The molecule has 0 aliphatic carbocycles. The van der Waals surface area contributed by atoms with Crippen molar-refractivity contribution in [1.82, 2.24) is 4.90 Å².